The number of nitrogen functional groups attached to an aromatic ring is 1. The monoisotopic (exact) mass is 166 g/mol. The Balaban J connectivity index is 3.43. The first kappa shape index (κ1) is 8.84. The topological polar surface area (TPSA) is 48.0 Å². The van der Waals surface area contributed by atoms with Gasteiger partial charge in [-0.15, -0.1) is 0 Å². The van der Waals surface area contributed by atoms with Gasteiger partial charge >= 0.3 is 0 Å². The van der Waals surface area contributed by atoms with Gasteiger partial charge in [0.15, 0.2) is 0 Å². The molecule has 0 fully saturated rings. The largest absolute Gasteiger partial charge is 0.397 e. The highest BCUT2D eigenvalue weighted by Crippen LogP contribution is 2.11. The molecule has 0 saturated carbocycles. The molecule has 2 N–H and O–H groups in total. The Hall–Kier alpha value is -1.25. The summed E-state index contributed by atoms with van der Waals surface area (Å²) in [6, 6.07) is 3.32. The molecule has 0 unspecified atom stereocenters. The lowest BCUT2D eigenvalue weighted by atomic mass is 10.2. The van der Waals surface area contributed by atoms with Gasteiger partial charge in [0, 0.05) is 17.8 Å². The van der Waals surface area contributed by atoms with E-state index in [9.17, 15) is 4.79 Å². The van der Waals surface area contributed by atoms with Crippen LogP contribution in [0.2, 0.25) is 0 Å². The van der Waals surface area contributed by atoms with Crippen LogP contribution in [0.15, 0.2) is 16.9 Å². The summed E-state index contributed by atoms with van der Waals surface area (Å²) in [7, 11) is 0. The molecule has 0 aliphatic carbocycles. The average molecular weight is 166 g/mol. The zero-order valence-corrected chi connectivity index (χ0v) is 7.66. The molecule has 12 heavy (non-hydrogen) atoms. The van der Waals surface area contributed by atoms with E-state index in [1.807, 2.05) is 20.8 Å². The molecule has 1 rings (SSSR count). The van der Waals surface area contributed by atoms with E-state index in [0.29, 0.717) is 5.69 Å². The summed E-state index contributed by atoms with van der Waals surface area (Å²) in [5, 5.41) is 0. The molecule has 3 heteroatoms. The van der Waals surface area contributed by atoms with Gasteiger partial charge in [-0.25, -0.2) is 0 Å². The van der Waals surface area contributed by atoms with Crippen molar-refractivity contribution in [1.29, 1.82) is 0 Å². The molecule has 0 bridgehead atoms. The Morgan fingerprint density at radius 3 is 2.42 bits per heavy atom. The zero-order valence-electron chi connectivity index (χ0n) is 7.66. The van der Waals surface area contributed by atoms with E-state index in [-0.39, 0.29) is 11.6 Å². The van der Waals surface area contributed by atoms with Crippen molar-refractivity contribution in [1.82, 2.24) is 4.57 Å². The quantitative estimate of drug-likeness (QED) is 0.684. The van der Waals surface area contributed by atoms with Gasteiger partial charge in [0.1, 0.15) is 0 Å². The van der Waals surface area contributed by atoms with Crippen molar-refractivity contribution in [3.63, 3.8) is 0 Å². The second-order valence-electron chi connectivity index (χ2n) is 3.18. The van der Waals surface area contributed by atoms with Crippen LogP contribution in [-0.4, -0.2) is 4.57 Å². The van der Waals surface area contributed by atoms with Gasteiger partial charge in [0.2, 0.25) is 0 Å². The summed E-state index contributed by atoms with van der Waals surface area (Å²) in [5.41, 5.74) is 7.19. The summed E-state index contributed by atoms with van der Waals surface area (Å²) in [6.07, 6.45) is 0. The number of anilines is 1. The number of nitrogens with two attached hydrogens (primary N) is 1. The number of aromatic nitrogens is 1. The van der Waals surface area contributed by atoms with E-state index in [0.717, 1.165) is 5.69 Å². The predicted molar refractivity (Wildman–Crippen MR) is 50.2 cm³/mol. The SMILES string of the molecule is Cc1c(N)ccc(=O)n1C(C)C. The van der Waals surface area contributed by atoms with Crippen molar-refractivity contribution in [3.05, 3.63) is 28.2 Å². The Labute approximate surface area is 71.8 Å². The lowest BCUT2D eigenvalue weighted by Gasteiger charge is -2.14. The maximum absolute atomic E-state index is 11.3. The van der Waals surface area contributed by atoms with Gasteiger partial charge in [-0.2, -0.15) is 0 Å². The van der Waals surface area contributed by atoms with Crippen molar-refractivity contribution in [2.24, 2.45) is 0 Å². The smallest absolute Gasteiger partial charge is 0.251 e. The molecule has 0 aliphatic rings. The molecular weight excluding hydrogens is 152 g/mol. The van der Waals surface area contributed by atoms with Crippen molar-refractivity contribution >= 4 is 5.69 Å². The van der Waals surface area contributed by atoms with Gasteiger partial charge in [-0.05, 0) is 26.8 Å². The molecule has 0 radical (unpaired) electrons. The molecule has 1 aromatic rings. The number of pyridine rings is 1. The lowest BCUT2D eigenvalue weighted by Crippen LogP contribution is -2.23. The van der Waals surface area contributed by atoms with Crippen LogP contribution >= 0.6 is 0 Å². The number of hydrogen-bond acceptors (Lipinski definition) is 2. The van der Waals surface area contributed by atoms with Crippen LogP contribution in [0, 0.1) is 6.92 Å². The van der Waals surface area contributed by atoms with E-state index in [4.69, 9.17) is 5.73 Å². The van der Waals surface area contributed by atoms with Crippen molar-refractivity contribution in [2.45, 2.75) is 26.8 Å². The van der Waals surface area contributed by atoms with Crippen LogP contribution < -0.4 is 11.3 Å². The number of hydrogen-bond donors (Lipinski definition) is 1. The molecule has 1 heterocycles. The van der Waals surface area contributed by atoms with Crippen LogP contribution in [0.25, 0.3) is 0 Å². The second kappa shape index (κ2) is 3.01. The first-order chi connectivity index (χ1) is 5.54. The van der Waals surface area contributed by atoms with Crippen molar-refractivity contribution in [2.75, 3.05) is 5.73 Å². The fourth-order valence-corrected chi connectivity index (χ4v) is 1.31. The Bertz CT molecular complexity index is 339. The maximum Gasteiger partial charge on any atom is 0.251 e. The minimum absolute atomic E-state index is 0.0108. The minimum Gasteiger partial charge on any atom is -0.397 e. The van der Waals surface area contributed by atoms with E-state index < -0.39 is 0 Å². The molecule has 3 nitrogen and oxygen atoms in total. The Morgan fingerprint density at radius 1 is 1.42 bits per heavy atom. The first-order valence-electron chi connectivity index (χ1n) is 4.01. The van der Waals surface area contributed by atoms with E-state index in [1.54, 1.807) is 10.6 Å². The average Bonchev–Trinajstić information content (AvgIpc) is 1.97. The molecule has 0 spiro atoms. The molecule has 1 aromatic heterocycles. The van der Waals surface area contributed by atoms with Crippen LogP contribution in [-0.2, 0) is 0 Å². The van der Waals surface area contributed by atoms with Gasteiger partial charge in [0.05, 0.1) is 5.69 Å². The van der Waals surface area contributed by atoms with Gasteiger partial charge in [0.25, 0.3) is 5.56 Å². The molecule has 0 aliphatic heterocycles. The number of rotatable bonds is 1. The highest BCUT2D eigenvalue weighted by atomic mass is 16.1. The highest BCUT2D eigenvalue weighted by Gasteiger charge is 2.05. The summed E-state index contributed by atoms with van der Waals surface area (Å²) >= 11 is 0. The highest BCUT2D eigenvalue weighted by molar-refractivity contribution is 5.41. The molecule has 0 amide bonds. The second-order valence-corrected chi connectivity index (χ2v) is 3.18. The fourth-order valence-electron chi connectivity index (χ4n) is 1.31. The maximum atomic E-state index is 11.3. The first-order valence-corrected chi connectivity index (χ1v) is 4.01. The van der Waals surface area contributed by atoms with Crippen LogP contribution in [0.1, 0.15) is 25.6 Å². The third-order valence-electron chi connectivity index (χ3n) is 1.94. The molecule has 0 saturated heterocycles. The lowest BCUT2D eigenvalue weighted by molar-refractivity contribution is 0.564. The summed E-state index contributed by atoms with van der Waals surface area (Å²) in [5.74, 6) is 0. The standard InChI is InChI=1S/C9H14N2O/c1-6(2)11-7(3)8(10)4-5-9(11)12/h4-6H,10H2,1-3H3. The summed E-state index contributed by atoms with van der Waals surface area (Å²) < 4.78 is 1.69. The van der Waals surface area contributed by atoms with Crippen LogP contribution in [0.3, 0.4) is 0 Å². The van der Waals surface area contributed by atoms with Crippen molar-refractivity contribution < 1.29 is 0 Å². The van der Waals surface area contributed by atoms with Gasteiger partial charge in [-0.3, -0.25) is 4.79 Å². The van der Waals surface area contributed by atoms with Crippen LogP contribution in [0.5, 0.6) is 0 Å². The zero-order chi connectivity index (χ0) is 9.30. The van der Waals surface area contributed by atoms with Gasteiger partial charge < -0.3 is 10.3 Å². The third kappa shape index (κ3) is 1.35. The van der Waals surface area contributed by atoms with Crippen LogP contribution in [0.4, 0.5) is 5.69 Å². The Morgan fingerprint density at radius 2 is 2.00 bits per heavy atom. The molecular formula is C9H14N2O. The van der Waals surface area contributed by atoms with E-state index >= 15 is 0 Å². The Kier molecular flexibility index (Phi) is 2.22. The number of nitrogens with zero attached hydrogens (tertiary/aromatic N) is 1. The summed E-state index contributed by atoms with van der Waals surface area (Å²) in [4.78, 5) is 11.3. The fraction of sp³-hybridized carbons (Fsp3) is 0.444. The normalized spacial score (nSPS) is 10.7. The molecule has 0 aromatic carbocycles. The third-order valence-corrected chi connectivity index (χ3v) is 1.94. The van der Waals surface area contributed by atoms with Crippen molar-refractivity contribution in [3.8, 4) is 0 Å². The molecule has 0 atom stereocenters. The van der Waals surface area contributed by atoms with E-state index in [2.05, 4.69) is 0 Å². The minimum atomic E-state index is 0.0108. The summed E-state index contributed by atoms with van der Waals surface area (Å²) in [6.45, 7) is 5.79. The van der Waals surface area contributed by atoms with Gasteiger partial charge in [-0.1, -0.05) is 0 Å². The predicted octanol–water partition coefficient (Wildman–Crippen LogP) is 1.32. The molecule has 66 valence electrons. The van der Waals surface area contributed by atoms with E-state index in [1.165, 1.54) is 6.07 Å².